The average molecular weight is 344 g/mol. The Labute approximate surface area is 140 Å². The largest absolute Gasteiger partial charge is 0.444 e. The number of aromatic nitrogens is 2. The van der Waals surface area contributed by atoms with E-state index in [0.717, 1.165) is 36.7 Å². The SMILES string of the molecule is CC(C)(C)OC(=O)N1CCC[C@H](CSc2ccc(Cl)nn2)C1. The van der Waals surface area contributed by atoms with Crippen molar-refractivity contribution in [3.63, 3.8) is 0 Å². The maximum absolute atomic E-state index is 12.1. The van der Waals surface area contributed by atoms with E-state index in [1.165, 1.54) is 0 Å². The average Bonchev–Trinajstić information content (AvgIpc) is 2.45. The zero-order valence-corrected chi connectivity index (χ0v) is 14.8. The van der Waals surface area contributed by atoms with Crippen LogP contribution in [0.15, 0.2) is 17.2 Å². The summed E-state index contributed by atoms with van der Waals surface area (Å²) in [6, 6.07) is 3.61. The second-order valence-electron chi connectivity index (χ2n) is 6.44. The molecular formula is C15H22ClN3O2S. The van der Waals surface area contributed by atoms with E-state index in [0.29, 0.717) is 11.1 Å². The van der Waals surface area contributed by atoms with Gasteiger partial charge in [0.25, 0.3) is 0 Å². The van der Waals surface area contributed by atoms with Gasteiger partial charge in [-0.05, 0) is 51.7 Å². The third kappa shape index (κ3) is 5.65. The van der Waals surface area contributed by atoms with Crippen LogP contribution in [-0.4, -0.2) is 45.6 Å². The van der Waals surface area contributed by atoms with Crippen LogP contribution in [0.4, 0.5) is 4.79 Å². The predicted octanol–water partition coefficient (Wildman–Crippen LogP) is 3.87. The first kappa shape index (κ1) is 17.3. The maximum atomic E-state index is 12.1. The summed E-state index contributed by atoms with van der Waals surface area (Å²) in [5.74, 6) is 1.36. The Morgan fingerprint density at radius 3 is 2.86 bits per heavy atom. The summed E-state index contributed by atoms with van der Waals surface area (Å²) in [7, 11) is 0. The van der Waals surface area contributed by atoms with Gasteiger partial charge in [-0.2, -0.15) is 0 Å². The Hall–Kier alpha value is -1.01. The van der Waals surface area contributed by atoms with Gasteiger partial charge < -0.3 is 9.64 Å². The number of carbonyl (C=O) groups is 1. The monoisotopic (exact) mass is 343 g/mol. The Kier molecular flexibility index (Phi) is 5.92. The number of thioether (sulfide) groups is 1. The smallest absolute Gasteiger partial charge is 0.410 e. The number of ether oxygens (including phenoxy) is 1. The van der Waals surface area contributed by atoms with Crippen LogP contribution in [0.25, 0.3) is 0 Å². The van der Waals surface area contributed by atoms with Crippen LogP contribution in [0.2, 0.25) is 5.15 Å². The van der Waals surface area contributed by atoms with Gasteiger partial charge in [-0.15, -0.1) is 22.0 Å². The van der Waals surface area contributed by atoms with Crippen LogP contribution >= 0.6 is 23.4 Å². The van der Waals surface area contributed by atoms with Crippen LogP contribution in [0.5, 0.6) is 0 Å². The lowest BCUT2D eigenvalue weighted by Crippen LogP contribution is -2.43. The number of hydrogen-bond acceptors (Lipinski definition) is 5. The van der Waals surface area contributed by atoms with Crippen LogP contribution in [0.3, 0.4) is 0 Å². The number of carbonyl (C=O) groups excluding carboxylic acids is 1. The molecule has 0 radical (unpaired) electrons. The van der Waals surface area contributed by atoms with E-state index in [2.05, 4.69) is 10.2 Å². The van der Waals surface area contributed by atoms with Crippen LogP contribution < -0.4 is 0 Å². The second kappa shape index (κ2) is 7.51. The molecule has 2 heterocycles. The predicted molar refractivity (Wildman–Crippen MR) is 88.3 cm³/mol. The van der Waals surface area contributed by atoms with E-state index in [1.54, 1.807) is 17.8 Å². The highest BCUT2D eigenvalue weighted by Gasteiger charge is 2.27. The molecule has 0 aliphatic carbocycles. The Bertz CT molecular complexity index is 505. The third-order valence-corrected chi connectivity index (χ3v) is 4.60. The number of nitrogens with zero attached hydrogens (tertiary/aromatic N) is 3. The van der Waals surface area contributed by atoms with Crippen molar-refractivity contribution >= 4 is 29.5 Å². The summed E-state index contributed by atoms with van der Waals surface area (Å²) in [5, 5.41) is 9.14. The molecule has 0 N–H and O–H groups in total. The van der Waals surface area contributed by atoms with E-state index in [1.807, 2.05) is 31.7 Å². The van der Waals surface area contributed by atoms with E-state index in [9.17, 15) is 4.79 Å². The molecule has 0 spiro atoms. The molecule has 1 atom stereocenters. The second-order valence-corrected chi connectivity index (χ2v) is 7.87. The van der Waals surface area contributed by atoms with Crippen molar-refractivity contribution in [3.05, 3.63) is 17.3 Å². The lowest BCUT2D eigenvalue weighted by atomic mass is 10.0. The lowest BCUT2D eigenvalue weighted by Gasteiger charge is -2.34. The first-order valence-corrected chi connectivity index (χ1v) is 8.80. The van der Waals surface area contributed by atoms with Crippen molar-refractivity contribution < 1.29 is 9.53 Å². The number of halogens is 1. The van der Waals surface area contributed by atoms with Crippen LogP contribution in [0.1, 0.15) is 33.6 Å². The molecule has 1 amide bonds. The van der Waals surface area contributed by atoms with Crippen molar-refractivity contribution in [2.75, 3.05) is 18.8 Å². The molecule has 0 unspecified atom stereocenters. The lowest BCUT2D eigenvalue weighted by molar-refractivity contribution is 0.0177. The highest BCUT2D eigenvalue weighted by Crippen LogP contribution is 2.25. The van der Waals surface area contributed by atoms with Gasteiger partial charge in [-0.25, -0.2) is 4.79 Å². The molecule has 122 valence electrons. The van der Waals surface area contributed by atoms with E-state index in [4.69, 9.17) is 16.3 Å². The van der Waals surface area contributed by atoms with Gasteiger partial charge in [0.2, 0.25) is 0 Å². The number of likely N-dealkylation sites (tertiary alicyclic amines) is 1. The van der Waals surface area contributed by atoms with Crippen molar-refractivity contribution in [1.82, 2.24) is 15.1 Å². The molecule has 1 saturated heterocycles. The van der Waals surface area contributed by atoms with E-state index >= 15 is 0 Å². The topological polar surface area (TPSA) is 55.3 Å². The van der Waals surface area contributed by atoms with Gasteiger partial charge in [0, 0.05) is 18.8 Å². The molecule has 1 aromatic heterocycles. The summed E-state index contributed by atoms with van der Waals surface area (Å²) in [5.41, 5.74) is -0.447. The number of amides is 1. The fourth-order valence-corrected chi connectivity index (χ4v) is 3.32. The van der Waals surface area contributed by atoms with Crippen LogP contribution in [0, 0.1) is 5.92 Å². The Balaban J connectivity index is 1.82. The van der Waals surface area contributed by atoms with Gasteiger partial charge in [0.05, 0.1) is 0 Å². The molecule has 1 aliphatic rings. The molecule has 1 fully saturated rings. The third-order valence-electron chi connectivity index (χ3n) is 3.25. The molecule has 22 heavy (non-hydrogen) atoms. The minimum atomic E-state index is -0.447. The molecule has 5 nitrogen and oxygen atoms in total. The molecule has 0 saturated carbocycles. The molecule has 0 bridgehead atoms. The quantitative estimate of drug-likeness (QED) is 0.780. The summed E-state index contributed by atoms with van der Waals surface area (Å²) >= 11 is 7.38. The molecule has 0 aromatic carbocycles. The van der Waals surface area contributed by atoms with Gasteiger partial charge in [-0.3, -0.25) is 0 Å². The normalized spacial score (nSPS) is 19.1. The fourth-order valence-electron chi connectivity index (χ4n) is 2.28. The van der Waals surface area contributed by atoms with Gasteiger partial charge in [0.15, 0.2) is 5.15 Å². The summed E-state index contributed by atoms with van der Waals surface area (Å²) in [6.07, 6.45) is 1.91. The van der Waals surface area contributed by atoms with Gasteiger partial charge >= 0.3 is 6.09 Å². The number of hydrogen-bond donors (Lipinski definition) is 0. The van der Waals surface area contributed by atoms with Crippen molar-refractivity contribution in [2.45, 2.75) is 44.2 Å². The molecule has 7 heteroatoms. The molecular weight excluding hydrogens is 322 g/mol. The zero-order valence-electron chi connectivity index (χ0n) is 13.2. The maximum Gasteiger partial charge on any atom is 0.410 e. The number of rotatable bonds is 3. The fraction of sp³-hybridized carbons (Fsp3) is 0.667. The van der Waals surface area contributed by atoms with Crippen LogP contribution in [-0.2, 0) is 4.74 Å². The number of piperidine rings is 1. The summed E-state index contributed by atoms with van der Waals surface area (Å²) < 4.78 is 5.44. The highest BCUT2D eigenvalue weighted by atomic mass is 35.5. The summed E-state index contributed by atoms with van der Waals surface area (Å²) in [6.45, 7) is 7.18. The molecule has 2 rings (SSSR count). The first-order chi connectivity index (χ1) is 10.3. The Morgan fingerprint density at radius 2 is 2.23 bits per heavy atom. The van der Waals surface area contributed by atoms with Gasteiger partial charge in [0.1, 0.15) is 10.6 Å². The van der Waals surface area contributed by atoms with Crippen molar-refractivity contribution in [3.8, 4) is 0 Å². The highest BCUT2D eigenvalue weighted by molar-refractivity contribution is 7.99. The van der Waals surface area contributed by atoms with Crippen molar-refractivity contribution in [1.29, 1.82) is 0 Å². The molecule has 1 aliphatic heterocycles. The standard InChI is InChI=1S/C15H22ClN3O2S/c1-15(2,3)21-14(20)19-8-4-5-11(9-19)10-22-13-7-6-12(16)17-18-13/h6-7,11H,4-5,8-10H2,1-3H3/t11-/m0/s1. The summed E-state index contributed by atoms with van der Waals surface area (Å²) in [4.78, 5) is 13.9. The minimum absolute atomic E-state index is 0.214. The van der Waals surface area contributed by atoms with E-state index < -0.39 is 5.60 Å². The molecule has 1 aromatic rings. The van der Waals surface area contributed by atoms with Gasteiger partial charge in [-0.1, -0.05) is 11.6 Å². The zero-order chi connectivity index (χ0) is 16.2. The van der Waals surface area contributed by atoms with E-state index in [-0.39, 0.29) is 6.09 Å². The minimum Gasteiger partial charge on any atom is -0.444 e. The first-order valence-electron chi connectivity index (χ1n) is 7.43. The Morgan fingerprint density at radius 1 is 1.45 bits per heavy atom. The van der Waals surface area contributed by atoms with Crippen molar-refractivity contribution in [2.24, 2.45) is 5.92 Å².